The smallest absolute Gasteiger partial charge is 0.319 e. The highest BCUT2D eigenvalue weighted by atomic mass is 79.9. The number of Topliss-reactive ketones (excluding diaryl/α,β-unsaturated/α-hetero) is 1. The Labute approximate surface area is 143 Å². The van der Waals surface area contributed by atoms with Gasteiger partial charge in [0, 0.05) is 5.56 Å². The van der Waals surface area contributed by atoms with Crippen LogP contribution in [0.3, 0.4) is 0 Å². The van der Waals surface area contributed by atoms with Crippen LogP contribution >= 0.6 is 0 Å². The number of carbonyl (C=O) groups excluding carboxylic acids is 2. The average molecular weight is 372 g/mol. The van der Waals surface area contributed by atoms with Crippen LogP contribution < -0.4 is 17.0 Å². The number of hydrogen-bond donors (Lipinski definition) is 0. The molecular formula is C17H26BrNO3. The van der Waals surface area contributed by atoms with Crippen LogP contribution in [-0.2, 0) is 20.9 Å². The number of rotatable bonds is 7. The molecule has 0 aliphatic carbocycles. The van der Waals surface area contributed by atoms with Crippen molar-refractivity contribution in [2.45, 2.75) is 27.3 Å². The third-order valence-electron chi connectivity index (χ3n) is 3.51. The van der Waals surface area contributed by atoms with E-state index in [-0.39, 0.29) is 29.4 Å². The zero-order valence-corrected chi connectivity index (χ0v) is 15.6. The number of likely N-dealkylation sites (N-methyl/N-ethyl adjacent to an activating group) is 1. The fraction of sp³-hybridized carbons (Fsp3) is 0.529. The Balaban J connectivity index is 0.00000441. The molecule has 4 nitrogen and oxygen atoms in total. The van der Waals surface area contributed by atoms with Crippen molar-refractivity contribution in [1.82, 2.24) is 0 Å². The Hall–Kier alpha value is -1.20. The third-order valence-corrected chi connectivity index (χ3v) is 3.51. The normalized spacial score (nSPS) is 11.5. The van der Waals surface area contributed by atoms with Gasteiger partial charge in [-0.1, -0.05) is 30.3 Å². The van der Waals surface area contributed by atoms with Gasteiger partial charge in [0.2, 0.25) is 5.78 Å². The number of halogens is 1. The van der Waals surface area contributed by atoms with Crippen LogP contribution in [0.25, 0.3) is 0 Å². The topological polar surface area (TPSA) is 43.4 Å². The van der Waals surface area contributed by atoms with Gasteiger partial charge in [-0.2, -0.15) is 0 Å². The molecule has 0 aliphatic rings. The molecule has 5 heteroatoms. The number of esters is 1. The van der Waals surface area contributed by atoms with E-state index in [0.29, 0.717) is 11.0 Å². The molecule has 0 atom stereocenters. The number of benzene rings is 1. The average Bonchev–Trinajstić information content (AvgIpc) is 2.38. The second kappa shape index (κ2) is 8.44. The minimum absolute atomic E-state index is 0. The van der Waals surface area contributed by atoms with E-state index >= 15 is 0 Å². The fourth-order valence-electron chi connectivity index (χ4n) is 2.15. The quantitative estimate of drug-likeness (QED) is 0.366. The SMILES string of the molecule is CCOC(=O)C(C)(C)C(=O)C[N+](C)(C)Cc1ccccc1.[Br-]. The van der Waals surface area contributed by atoms with Crippen molar-refractivity contribution >= 4 is 11.8 Å². The summed E-state index contributed by atoms with van der Waals surface area (Å²) in [6, 6.07) is 10.0. The minimum atomic E-state index is -1.10. The first-order chi connectivity index (χ1) is 9.69. The molecule has 0 heterocycles. The Kier molecular flexibility index (Phi) is 7.98. The van der Waals surface area contributed by atoms with Crippen molar-refractivity contribution in [3.63, 3.8) is 0 Å². The zero-order valence-electron chi connectivity index (χ0n) is 14.1. The van der Waals surface area contributed by atoms with Crippen LogP contribution in [0.4, 0.5) is 0 Å². The predicted molar refractivity (Wildman–Crippen MR) is 82.5 cm³/mol. The third kappa shape index (κ3) is 5.89. The summed E-state index contributed by atoms with van der Waals surface area (Å²) in [4.78, 5) is 24.4. The van der Waals surface area contributed by atoms with Gasteiger partial charge < -0.3 is 26.2 Å². The second-order valence-electron chi connectivity index (χ2n) is 6.51. The van der Waals surface area contributed by atoms with Gasteiger partial charge in [0.1, 0.15) is 18.5 Å². The number of carbonyl (C=O) groups is 2. The van der Waals surface area contributed by atoms with E-state index in [9.17, 15) is 9.59 Å². The summed E-state index contributed by atoms with van der Waals surface area (Å²) in [6.07, 6.45) is 0. The van der Waals surface area contributed by atoms with E-state index in [1.165, 1.54) is 5.56 Å². The highest BCUT2D eigenvalue weighted by molar-refractivity contribution is 6.03. The summed E-state index contributed by atoms with van der Waals surface area (Å²) in [7, 11) is 3.98. The molecule has 22 heavy (non-hydrogen) atoms. The molecule has 0 fully saturated rings. The van der Waals surface area contributed by atoms with Gasteiger partial charge in [-0.15, -0.1) is 0 Å². The lowest BCUT2D eigenvalue weighted by Gasteiger charge is -2.32. The van der Waals surface area contributed by atoms with Crippen LogP contribution in [0.5, 0.6) is 0 Å². The van der Waals surface area contributed by atoms with Gasteiger partial charge in [-0.3, -0.25) is 9.59 Å². The van der Waals surface area contributed by atoms with Crippen LogP contribution in [-0.4, -0.2) is 43.5 Å². The van der Waals surface area contributed by atoms with E-state index in [1.54, 1.807) is 20.8 Å². The van der Waals surface area contributed by atoms with E-state index in [4.69, 9.17) is 4.74 Å². The largest absolute Gasteiger partial charge is 1.00 e. The molecule has 0 saturated heterocycles. The molecule has 0 N–H and O–H groups in total. The maximum absolute atomic E-state index is 12.5. The number of ether oxygens (including phenoxy) is 1. The maximum Gasteiger partial charge on any atom is 0.319 e. The highest BCUT2D eigenvalue weighted by Crippen LogP contribution is 2.21. The molecule has 0 saturated carbocycles. The lowest BCUT2D eigenvalue weighted by molar-refractivity contribution is -0.896. The lowest BCUT2D eigenvalue weighted by Crippen LogP contribution is -3.00. The molecule has 0 aliphatic heterocycles. The zero-order chi connectivity index (χ0) is 16.1. The standard InChI is InChI=1S/C17H26NO3.BrH/c1-6-21-16(20)17(2,3)15(19)13-18(4,5)12-14-10-8-7-9-11-14;/h7-11H,6,12-13H2,1-5H3;1H/q+1;/p-1. The molecule has 124 valence electrons. The van der Waals surface area contributed by atoms with Gasteiger partial charge >= 0.3 is 5.97 Å². The molecule has 0 radical (unpaired) electrons. The Morgan fingerprint density at radius 1 is 1.14 bits per heavy atom. The van der Waals surface area contributed by atoms with Crippen LogP contribution in [0.15, 0.2) is 30.3 Å². The van der Waals surface area contributed by atoms with Gasteiger partial charge in [0.25, 0.3) is 0 Å². The van der Waals surface area contributed by atoms with Crippen LogP contribution in [0.1, 0.15) is 26.3 Å². The van der Waals surface area contributed by atoms with Crippen molar-refractivity contribution in [2.75, 3.05) is 27.2 Å². The van der Waals surface area contributed by atoms with Gasteiger partial charge in [-0.25, -0.2) is 0 Å². The number of hydrogen-bond acceptors (Lipinski definition) is 3. The Morgan fingerprint density at radius 3 is 2.18 bits per heavy atom. The molecule has 0 unspecified atom stereocenters. The molecule has 1 aromatic rings. The molecule has 0 spiro atoms. The summed E-state index contributed by atoms with van der Waals surface area (Å²) < 4.78 is 5.50. The van der Waals surface area contributed by atoms with E-state index in [0.717, 1.165) is 6.54 Å². The molecular weight excluding hydrogens is 346 g/mol. The minimum Gasteiger partial charge on any atom is -1.00 e. The highest BCUT2D eigenvalue weighted by Gasteiger charge is 2.40. The summed E-state index contributed by atoms with van der Waals surface area (Å²) in [6.45, 7) is 6.34. The Bertz CT molecular complexity index is 498. The van der Waals surface area contributed by atoms with Crippen molar-refractivity contribution in [3.8, 4) is 0 Å². The summed E-state index contributed by atoms with van der Waals surface area (Å²) in [5.41, 5.74) is 0.0756. The molecule has 1 aromatic carbocycles. The predicted octanol–water partition coefficient (Wildman–Crippen LogP) is -0.575. The monoisotopic (exact) mass is 371 g/mol. The first kappa shape index (κ1) is 20.8. The first-order valence-electron chi connectivity index (χ1n) is 7.25. The van der Waals surface area contributed by atoms with Crippen molar-refractivity contribution in [3.05, 3.63) is 35.9 Å². The molecule has 0 aromatic heterocycles. The first-order valence-corrected chi connectivity index (χ1v) is 7.25. The number of nitrogens with zero attached hydrogens (tertiary/aromatic N) is 1. The van der Waals surface area contributed by atoms with E-state index in [2.05, 4.69) is 0 Å². The fourth-order valence-corrected chi connectivity index (χ4v) is 2.15. The van der Waals surface area contributed by atoms with Crippen molar-refractivity contribution in [1.29, 1.82) is 0 Å². The van der Waals surface area contributed by atoms with Crippen LogP contribution in [0, 0.1) is 5.41 Å². The summed E-state index contributed by atoms with van der Waals surface area (Å²) >= 11 is 0. The Morgan fingerprint density at radius 2 is 1.68 bits per heavy atom. The van der Waals surface area contributed by atoms with Crippen molar-refractivity contribution < 1.29 is 35.8 Å². The van der Waals surface area contributed by atoms with E-state index < -0.39 is 11.4 Å². The second-order valence-corrected chi connectivity index (χ2v) is 6.51. The summed E-state index contributed by atoms with van der Waals surface area (Å²) in [5.74, 6) is -0.545. The van der Waals surface area contributed by atoms with Gasteiger partial charge in [-0.05, 0) is 20.8 Å². The van der Waals surface area contributed by atoms with Gasteiger partial charge in [0.05, 0.1) is 20.7 Å². The van der Waals surface area contributed by atoms with Crippen molar-refractivity contribution in [2.24, 2.45) is 5.41 Å². The lowest BCUT2D eigenvalue weighted by atomic mass is 9.87. The summed E-state index contributed by atoms with van der Waals surface area (Å²) in [5, 5.41) is 0. The number of ketones is 1. The van der Waals surface area contributed by atoms with Crippen LogP contribution in [0.2, 0.25) is 0 Å². The molecule has 0 bridgehead atoms. The maximum atomic E-state index is 12.5. The van der Waals surface area contributed by atoms with E-state index in [1.807, 2.05) is 44.4 Å². The van der Waals surface area contributed by atoms with Gasteiger partial charge in [0.15, 0.2) is 0 Å². The molecule has 0 amide bonds. The molecule has 1 rings (SSSR count). The number of quaternary nitrogens is 1.